The Labute approximate surface area is 247 Å². The largest absolute Gasteiger partial charge is 0.496 e. The van der Waals surface area contributed by atoms with Crippen molar-refractivity contribution in [1.29, 1.82) is 0 Å². The van der Waals surface area contributed by atoms with Crippen LogP contribution in [0.1, 0.15) is 54.0 Å². The Hall–Kier alpha value is -4.74. The summed E-state index contributed by atoms with van der Waals surface area (Å²) >= 11 is 0. The average molecular weight is 595 g/mol. The molecule has 3 atom stereocenters. The van der Waals surface area contributed by atoms with E-state index in [1.54, 1.807) is 24.3 Å². The van der Waals surface area contributed by atoms with Crippen molar-refractivity contribution in [3.63, 3.8) is 0 Å². The molecular formula is C31H35FN4O7. The van der Waals surface area contributed by atoms with Gasteiger partial charge in [-0.1, -0.05) is 19.9 Å². The molecule has 12 heteroatoms. The van der Waals surface area contributed by atoms with Crippen molar-refractivity contribution in [2.75, 3.05) is 20.3 Å². The topological polar surface area (TPSA) is 156 Å². The Kier molecular flexibility index (Phi) is 10.1. The number of aromatic nitrogens is 1. The molecule has 3 aromatic rings. The molecule has 2 aromatic carbocycles. The summed E-state index contributed by atoms with van der Waals surface area (Å²) in [5, 5.41) is 8.86. The van der Waals surface area contributed by atoms with Gasteiger partial charge in [0.2, 0.25) is 11.8 Å². The molecule has 0 aliphatic carbocycles. The second-order valence-corrected chi connectivity index (χ2v) is 10.9. The molecule has 0 spiro atoms. The average Bonchev–Trinajstić information content (AvgIpc) is 3.61. The van der Waals surface area contributed by atoms with E-state index in [4.69, 9.17) is 9.47 Å². The number of amides is 3. The zero-order valence-electron chi connectivity index (χ0n) is 24.2. The molecule has 1 aromatic heterocycles. The third-order valence-corrected chi connectivity index (χ3v) is 7.23. The van der Waals surface area contributed by atoms with Crippen molar-refractivity contribution >= 4 is 40.4 Å². The molecule has 2 heterocycles. The van der Waals surface area contributed by atoms with Gasteiger partial charge >= 0.3 is 5.97 Å². The minimum absolute atomic E-state index is 0.00489. The number of H-pyrrole nitrogens is 1. The van der Waals surface area contributed by atoms with Crippen LogP contribution in [-0.2, 0) is 19.1 Å². The van der Waals surface area contributed by atoms with Gasteiger partial charge in [-0.25, -0.2) is 9.18 Å². The van der Waals surface area contributed by atoms with Gasteiger partial charge in [0.1, 0.15) is 23.3 Å². The van der Waals surface area contributed by atoms with Crippen LogP contribution in [0, 0.1) is 17.7 Å². The predicted molar refractivity (Wildman–Crippen MR) is 155 cm³/mol. The van der Waals surface area contributed by atoms with Crippen LogP contribution in [0.3, 0.4) is 0 Å². The van der Waals surface area contributed by atoms with Crippen molar-refractivity contribution in [2.45, 2.75) is 45.2 Å². The summed E-state index contributed by atoms with van der Waals surface area (Å²) in [6.07, 6.45) is 0.740. The van der Waals surface area contributed by atoms with Crippen LogP contribution in [0.25, 0.3) is 10.9 Å². The predicted octanol–water partition coefficient (Wildman–Crippen LogP) is 2.90. The fourth-order valence-corrected chi connectivity index (χ4v) is 4.97. The van der Waals surface area contributed by atoms with Crippen molar-refractivity contribution < 1.29 is 37.8 Å². The van der Waals surface area contributed by atoms with Gasteiger partial charge in [-0.3, -0.25) is 19.2 Å². The first-order valence-corrected chi connectivity index (χ1v) is 14.1. The molecule has 1 aliphatic rings. The van der Waals surface area contributed by atoms with Crippen LogP contribution < -0.4 is 20.7 Å². The van der Waals surface area contributed by atoms with E-state index in [-0.39, 0.29) is 35.9 Å². The number of aromatic amines is 1. The van der Waals surface area contributed by atoms with Crippen LogP contribution in [0.15, 0.2) is 48.5 Å². The molecule has 1 aliphatic heterocycles. The lowest BCUT2D eigenvalue weighted by Gasteiger charge is -2.25. The number of rotatable bonds is 13. The van der Waals surface area contributed by atoms with Crippen molar-refractivity contribution in [3.05, 3.63) is 65.6 Å². The number of ketones is 1. The Morgan fingerprint density at radius 3 is 2.44 bits per heavy atom. The second-order valence-electron chi connectivity index (χ2n) is 10.9. The van der Waals surface area contributed by atoms with Gasteiger partial charge in [0.25, 0.3) is 5.91 Å². The van der Waals surface area contributed by atoms with Gasteiger partial charge in [0.15, 0.2) is 12.4 Å². The van der Waals surface area contributed by atoms with E-state index in [2.05, 4.69) is 20.9 Å². The number of Topliss-reactive ketones (excluding diaryl/α,β-unsaturated/α-hetero) is 1. The number of hydrogen-bond acceptors (Lipinski definition) is 7. The normalized spacial score (nSPS) is 15.9. The zero-order chi connectivity index (χ0) is 31.1. The molecule has 228 valence electrons. The number of methoxy groups -OCH3 is 1. The van der Waals surface area contributed by atoms with Crippen molar-refractivity contribution in [3.8, 4) is 5.75 Å². The molecule has 3 unspecified atom stereocenters. The summed E-state index contributed by atoms with van der Waals surface area (Å²) in [7, 11) is 1.53. The fourth-order valence-electron chi connectivity index (χ4n) is 4.97. The molecule has 3 amide bonds. The minimum atomic E-state index is -1.16. The van der Waals surface area contributed by atoms with Gasteiger partial charge in [-0.15, -0.1) is 0 Å². The quantitative estimate of drug-likeness (QED) is 0.222. The fraction of sp³-hybridized carbons (Fsp3) is 0.387. The van der Waals surface area contributed by atoms with Gasteiger partial charge in [0.05, 0.1) is 18.7 Å². The molecule has 1 fully saturated rings. The molecular weight excluding hydrogens is 559 g/mol. The highest BCUT2D eigenvalue weighted by atomic mass is 19.1. The maximum Gasteiger partial charge on any atom is 0.338 e. The Morgan fingerprint density at radius 1 is 1.05 bits per heavy atom. The second kappa shape index (κ2) is 14.0. The van der Waals surface area contributed by atoms with E-state index in [1.807, 2.05) is 13.8 Å². The van der Waals surface area contributed by atoms with E-state index >= 15 is 0 Å². The molecule has 1 saturated heterocycles. The molecule has 4 rings (SSSR count). The van der Waals surface area contributed by atoms with Crippen molar-refractivity contribution in [1.82, 2.24) is 20.9 Å². The highest BCUT2D eigenvalue weighted by molar-refractivity contribution is 6.02. The summed E-state index contributed by atoms with van der Waals surface area (Å²) in [6, 6.07) is 9.46. The zero-order valence-corrected chi connectivity index (χ0v) is 24.2. The molecule has 0 saturated carbocycles. The number of fused-ring (bicyclic) bond motifs is 1. The van der Waals surface area contributed by atoms with E-state index in [9.17, 15) is 28.4 Å². The highest BCUT2D eigenvalue weighted by Gasteiger charge is 2.34. The van der Waals surface area contributed by atoms with Crippen molar-refractivity contribution in [2.24, 2.45) is 11.8 Å². The summed E-state index contributed by atoms with van der Waals surface area (Å²) in [6.45, 7) is 3.55. The smallest absolute Gasteiger partial charge is 0.338 e. The number of hydrogen-bond donors (Lipinski definition) is 4. The van der Waals surface area contributed by atoms with Crippen LogP contribution in [0.4, 0.5) is 4.39 Å². The molecule has 4 N–H and O–H groups in total. The Balaban J connectivity index is 1.48. The van der Waals surface area contributed by atoms with E-state index in [0.717, 1.165) is 12.1 Å². The Morgan fingerprint density at radius 2 is 1.79 bits per heavy atom. The number of halogens is 1. The van der Waals surface area contributed by atoms with Crippen LogP contribution in [-0.4, -0.2) is 66.8 Å². The summed E-state index contributed by atoms with van der Waals surface area (Å²) in [5.74, 6) is -3.30. The number of esters is 1. The number of carbonyl (C=O) groups is 5. The van der Waals surface area contributed by atoms with Gasteiger partial charge in [-0.2, -0.15) is 0 Å². The standard InChI is InChI=1S/C31H35FN4O7/c1-17(2)13-24(36-30(40)25-15-21-22(34-25)5-4-6-27(21)42-3)29(39)35-23(14-19-11-12-33-28(19)38)26(37)16-43-31(41)18-7-9-20(32)10-8-18/h4-10,15,17,19,23-24,34H,11-14,16H2,1-3H3,(H,33,38)(H,35,39)(H,36,40). The van der Waals surface area contributed by atoms with E-state index in [0.29, 0.717) is 29.6 Å². The summed E-state index contributed by atoms with van der Waals surface area (Å²) in [5.41, 5.74) is 0.966. The molecule has 0 radical (unpaired) electrons. The third kappa shape index (κ3) is 7.97. The van der Waals surface area contributed by atoms with Crippen LogP contribution >= 0.6 is 0 Å². The lowest BCUT2D eigenvalue weighted by molar-refractivity contribution is -0.131. The first-order valence-electron chi connectivity index (χ1n) is 14.1. The lowest BCUT2D eigenvalue weighted by Crippen LogP contribution is -2.53. The lowest BCUT2D eigenvalue weighted by atomic mass is 9.95. The van der Waals surface area contributed by atoms with Crippen LogP contribution in [0.5, 0.6) is 5.75 Å². The van der Waals surface area contributed by atoms with E-state index < -0.39 is 54.0 Å². The number of carbonyl (C=O) groups excluding carboxylic acids is 5. The molecule has 11 nitrogen and oxygen atoms in total. The van der Waals surface area contributed by atoms with Gasteiger partial charge < -0.3 is 30.4 Å². The third-order valence-electron chi connectivity index (χ3n) is 7.23. The minimum Gasteiger partial charge on any atom is -0.496 e. The molecule has 0 bridgehead atoms. The molecule has 43 heavy (non-hydrogen) atoms. The monoisotopic (exact) mass is 594 g/mol. The highest BCUT2D eigenvalue weighted by Crippen LogP contribution is 2.26. The van der Waals surface area contributed by atoms with Gasteiger partial charge in [0, 0.05) is 23.4 Å². The number of benzene rings is 2. The SMILES string of the molecule is COc1cccc2[nH]c(C(=O)NC(CC(C)C)C(=O)NC(CC3CCNC3=O)C(=O)COC(=O)c3ccc(F)cc3)cc12. The maximum absolute atomic E-state index is 13.5. The first-order chi connectivity index (χ1) is 20.5. The van der Waals surface area contributed by atoms with Gasteiger partial charge in [-0.05, 0) is 67.6 Å². The summed E-state index contributed by atoms with van der Waals surface area (Å²) < 4.78 is 23.7. The Bertz CT molecular complexity index is 1500. The summed E-state index contributed by atoms with van der Waals surface area (Å²) in [4.78, 5) is 67.7. The number of ether oxygens (including phenoxy) is 2. The first kappa shape index (κ1) is 31.2. The number of nitrogens with one attached hydrogen (secondary N) is 4. The maximum atomic E-state index is 13.5. The van der Waals surface area contributed by atoms with Crippen LogP contribution in [0.2, 0.25) is 0 Å². The van der Waals surface area contributed by atoms with E-state index in [1.165, 1.54) is 19.2 Å².